The Morgan fingerprint density at radius 1 is 0.760 bits per heavy atom. The molecule has 2 aromatic heterocycles. The lowest BCUT2D eigenvalue weighted by atomic mass is 9.87. The van der Waals surface area contributed by atoms with Gasteiger partial charge in [-0.05, 0) is 37.6 Å². The molecule has 0 unspecified atom stereocenters. The fourth-order valence-corrected chi connectivity index (χ4v) is 8.45. The summed E-state index contributed by atoms with van der Waals surface area (Å²) in [5.74, 6) is 0.908. The number of likely N-dealkylation sites (N-methyl/N-ethyl adjacent to an activating group) is 1. The van der Waals surface area contributed by atoms with Crippen LogP contribution >= 0.6 is 23.2 Å². The third-order valence-corrected chi connectivity index (χ3v) is 11.7. The Kier molecular flexibility index (Phi) is 10.3. The van der Waals surface area contributed by atoms with Crippen LogP contribution in [0.1, 0.15) is 89.5 Å². The van der Waals surface area contributed by atoms with Crippen molar-refractivity contribution < 1.29 is 9.59 Å². The van der Waals surface area contributed by atoms with Crippen LogP contribution in [0.2, 0.25) is 10.0 Å². The highest BCUT2D eigenvalue weighted by Gasteiger charge is 2.28. The zero-order valence-corrected chi connectivity index (χ0v) is 30.7. The topological polar surface area (TPSA) is 100 Å². The number of imidazole rings is 2. The number of fused-ring (bicyclic) bond motifs is 2. The number of amides is 2. The van der Waals surface area contributed by atoms with E-state index in [0.717, 1.165) is 80.8 Å². The Morgan fingerprint density at radius 3 is 1.78 bits per heavy atom. The van der Waals surface area contributed by atoms with E-state index in [9.17, 15) is 9.59 Å². The number of carbonyl (C=O) groups excluding carboxylic acids is 2. The minimum absolute atomic E-state index is 0.318. The van der Waals surface area contributed by atoms with Gasteiger partial charge in [0.1, 0.15) is 0 Å². The standard InChI is InChI=1S/C38H46Cl2N8O2/c1-4-47-20-17-31-29(22-47)41-35(45(31)2)37(49)43-27-14-8-12-25(33(27)39)26-13-9-15-28(34(26)40)44-38(50)36-42-30-23-48(21-18-32(30)46(36)3)19-16-24-10-6-5-7-11-24/h8-9,12-15,24H,4-7,10-11,16-23H2,1-3H3,(H,43,49)(H,44,50). The molecule has 12 heteroatoms. The number of carbonyl (C=O) groups is 2. The minimum atomic E-state index is -0.332. The number of benzene rings is 2. The zero-order chi connectivity index (χ0) is 34.9. The van der Waals surface area contributed by atoms with Crippen LogP contribution in [0, 0.1) is 5.92 Å². The molecule has 0 radical (unpaired) electrons. The quantitative estimate of drug-likeness (QED) is 0.188. The monoisotopic (exact) mass is 716 g/mol. The molecule has 2 N–H and O–H groups in total. The first-order valence-electron chi connectivity index (χ1n) is 18.0. The minimum Gasteiger partial charge on any atom is -0.327 e. The first-order chi connectivity index (χ1) is 24.2. The van der Waals surface area contributed by atoms with Gasteiger partial charge in [-0.15, -0.1) is 0 Å². The van der Waals surface area contributed by atoms with Gasteiger partial charge >= 0.3 is 0 Å². The van der Waals surface area contributed by atoms with Crippen molar-refractivity contribution in [3.8, 4) is 11.1 Å². The van der Waals surface area contributed by atoms with E-state index >= 15 is 0 Å². The van der Waals surface area contributed by atoms with E-state index in [1.807, 2.05) is 47.5 Å². The largest absolute Gasteiger partial charge is 0.327 e. The molecule has 1 saturated carbocycles. The summed E-state index contributed by atoms with van der Waals surface area (Å²) in [6.07, 6.45) is 9.79. The van der Waals surface area contributed by atoms with E-state index in [4.69, 9.17) is 28.2 Å². The maximum atomic E-state index is 13.6. The molecule has 0 bridgehead atoms. The Bertz CT molecular complexity index is 1910. The second kappa shape index (κ2) is 14.9. The number of nitrogens with zero attached hydrogens (tertiary/aromatic N) is 6. The van der Waals surface area contributed by atoms with Crippen LogP contribution in [0.3, 0.4) is 0 Å². The predicted molar refractivity (Wildman–Crippen MR) is 199 cm³/mol. The van der Waals surface area contributed by atoms with Gasteiger partial charge in [0.05, 0.1) is 32.8 Å². The van der Waals surface area contributed by atoms with Crippen LogP contribution in [-0.4, -0.2) is 66.9 Å². The van der Waals surface area contributed by atoms with Crippen LogP contribution in [0.4, 0.5) is 11.4 Å². The number of aromatic nitrogens is 4. The number of nitrogens with one attached hydrogen (secondary N) is 2. The van der Waals surface area contributed by atoms with Crippen molar-refractivity contribution >= 4 is 46.4 Å². The van der Waals surface area contributed by atoms with Crippen LogP contribution in [0.5, 0.6) is 0 Å². The van der Waals surface area contributed by atoms with E-state index < -0.39 is 0 Å². The molecule has 0 atom stereocenters. The van der Waals surface area contributed by atoms with Gasteiger partial charge in [0.15, 0.2) is 11.6 Å². The van der Waals surface area contributed by atoms with E-state index in [1.165, 1.54) is 38.5 Å². The Morgan fingerprint density at radius 2 is 1.26 bits per heavy atom. The second-order valence-corrected chi connectivity index (χ2v) is 14.7. The zero-order valence-electron chi connectivity index (χ0n) is 29.2. The summed E-state index contributed by atoms with van der Waals surface area (Å²) in [6, 6.07) is 10.9. The van der Waals surface area contributed by atoms with E-state index in [-0.39, 0.29) is 11.8 Å². The molecule has 7 rings (SSSR count). The third-order valence-electron chi connectivity index (χ3n) is 10.9. The molecule has 2 aliphatic heterocycles. The summed E-state index contributed by atoms with van der Waals surface area (Å²) < 4.78 is 3.80. The van der Waals surface area contributed by atoms with Crippen molar-refractivity contribution in [2.24, 2.45) is 20.0 Å². The van der Waals surface area contributed by atoms with Crippen LogP contribution in [0.25, 0.3) is 11.1 Å². The molecule has 264 valence electrons. The molecule has 4 aromatic rings. The Hall–Kier alpha value is -3.70. The Labute approximate surface area is 304 Å². The number of anilines is 2. The number of hydrogen-bond donors (Lipinski definition) is 2. The van der Waals surface area contributed by atoms with E-state index in [2.05, 4.69) is 32.3 Å². The average molecular weight is 718 g/mol. The highest BCUT2D eigenvalue weighted by molar-refractivity contribution is 6.40. The van der Waals surface area contributed by atoms with Gasteiger partial charge in [-0.1, -0.05) is 86.5 Å². The lowest BCUT2D eigenvalue weighted by Crippen LogP contribution is -2.33. The maximum Gasteiger partial charge on any atom is 0.291 e. The number of rotatable bonds is 9. The summed E-state index contributed by atoms with van der Waals surface area (Å²) in [4.78, 5) is 41.4. The SMILES string of the molecule is CCN1CCc2c(nc(C(=O)Nc3cccc(-c4cccc(NC(=O)c5nc6c(n5C)CCN(CCC5CCCCC5)C6)c4Cl)c3Cl)n2C)C1. The lowest BCUT2D eigenvalue weighted by Gasteiger charge is -2.29. The summed E-state index contributed by atoms with van der Waals surface area (Å²) >= 11 is 13.9. The summed E-state index contributed by atoms with van der Waals surface area (Å²) in [5, 5.41) is 6.64. The highest BCUT2D eigenvalue weighted by Crippen LogP contribution is 2.40. The molecule has 3 aliphatic rings. The summed E-state index contributed by atoms with van der Waals surface area (Å²) in [7, 11) is 3.80. The van der Waals surface area contributed by atoms with Crippen LogP contribution in [0.15, 0.2) is 36.4 Å². The Balaban J connectivity index is 1.05. The van der Waals surface area contributed by atoms with Gasteiger partial charge in [0.25, 0.3) is 11.8 Å². The van der Waals surface area contributed by atoms with Crippen molar-refractivity contribution in [1.82, 2.24) is 28.9 Å². The molecule has 10 nitrogen and oxygen atoms in total. The number of hydrogen-bond acceptors (Lipinski definition) is 6. The smallest absolute Gasteiger partial charge is 0.291 e. The van der Waals surface area contributed by atoms with Gasteiger partial charge < -0.3 is 19.8 Å². The molecule has 50 heavy (non-hydrogen) atoms. The van der Waals surface area contributed by atoms with Gasteiger partial charge in [-0.25, -0.2) is 9.97 Å². The van der Waals surface area contributed by atoms with Gasteiger partial charge in [0.2, 0.25) is 0 Å². The maximum absolute atomic E-state index is 13.6. The van der Waals surface area contributed by atoms with Gasteiger partial charge in [-0.3, -0.25) is 19.4 Å². The highest BCUT2D eigenvalue weighted by atomic mass is 35.5. The molecule has 2 amide bonds. The van der Waals surface area contributed by atoms with Crippen molar-refractivity contribution in [3.05, 3.63) is 80.9 Å². The van der Waals surface area contributed by atoms with Crippen molar-refractivity contribution in [1.29, 1.82) is 0 Å². The molecule has 1 aliphatic carbocycles. The molecule has 2 aromatic carbocycles. The fraction of sp³-hybridized carbons (Fsp3) is 0.474. The van der Waals surface area contributed by atoms with Gasteiger partial charge in [0, 0.05) is 75.6 Å². The van der Waals surface area contributed by atoms with Crippen molar-refractivity contribution in [2.75, 3.05) is 36.8 Å². The molecule has 0 saturated heterocycles. The van der Waals surface area contributed by atoms with Crippen LogP contribution in [-0.2, 0) is 40.0 Å². The van der Waals surface area contributed by atoms with Crippen LogP contribution < -0.4 is 10.6 Å². The number of halogens is 2. The first kappa shape index (κ1) is 34.7. The first-order valence-corrected chi connectivity index (χ1v) is 18.7. The molecule has 0 spiro atoms. The average Bonchev–Trinajstić information content (AvgIpc) is 3.65. The molecule has 1 fully saturated rings. The molecule has 4 heterocycles. The molecular weight excluding hydrogens is 671 g/mol. The normalized spacial score (nSPS) is 17.0. The second-order valence-electron chi connectivity index (χ2n) is 14.0. The summed E-state index contributed by atoms with van der Waals surface area (Å²) in [6.45, 7) is 7.58. The van der Waals surface area contributed by atoms with Crippen molar-refractivity contribution in [2.45, 2.75) is 71.4 Å². The summed E-state index contributed by atoms with van der Waals surface area (Å²) in [5.41, 5.74) is 6.28. The van der Waals surface area contributed by atoms with E-state index in [0.29, 0.717) is 44.2 Å². The molecular formula is C38H46Cl2N8O2. The lowest BCUT2D eigenvalue weighted by molar-refractivity contribution is 0.100. The third kappa shape index (κ3) is 6.95. The fourth-order valence-electron chi connectivity index (χ4n) is 7.90. The van der Waals surface area contributed by atoms with Crippen molar-refractivity contribution in [3.63, 3.8) is 0 Å². The predicted octanol–water partition coefficient (Wildman–Crippen LogP) is 7.34. The van der Waals surface area contributed by atoms with Gasteiger partial charge in [-0.2, -0.15) is 0 Å². The van der Waals surface area contributed by atoms with E-state index in [1.54, 1.807) is 12.1 Å².